The second kappa shape index (κ2) is 13.2. The van der Waals surface area contributed by atoms with E-state index in [4.69, 9.17) is 42.9 Å². The normalized spacial score (nSPS) is 15.3. The first-order chi connectivity index (χ1) is 18.3. The number of carboxylic acids is 2. The molecule has 39 heavy (non-hydrogen) atoms. The number of aliphatic hydroxyl groups excluding tert-OH is 1. The number of carbonyl (C=O) groups is 2. The average molecular weight is 586 g/mol. The van der Waals surface area contributed by atoms with E-state index in [1.54, 1.807) is 30.3 Å². The molecule has 208 valence electrons. The summed E-state index contributed by atoms with van der Waals surface area (Å²) in [6.45, 7) is 0.984. The van der Waals surface area contributed by atoms with E-state index in [1.807, 2.05) is 24.3 Å². The zero-order valence-electron chi connectivity index (χ0n) is 20.2. The lowest BCUT2D eigenvalue weighted by atomic mass is 9.96. The predicted molar refractivity (Wildman–Crippen MR) is 140 cm³/mol. The topological polar surface area (TPSA) is 116 Å². The van der Waals surface area contributed by atoms with Gasteiger partial charge in [0.1, 0.15) is 11.9 Å². The van der Waals surface area contributed by atoms with Crippen molar-refractivity contribution in [2.45, 2.75) is 31.2 Å². The van der Waals surface area contributed by atoms with Crippen LogP contribution in [0.2, 0.25) is 10.0 Å². The number of aliphatic carboxylic acids is 1. The minimum absolute atomic E-state index is 0.0124. The highest BCUT2D eigenvalue weighted by atomic mass is 35.5. The number of halogens is 5. The zero-order chi connectivity index (χ0) is 28.7. The lowest BCUT2D eigenvalue weighted by Gasteiger charge is -2.27. The third-order valence-corrected chi connectivity index (χ3v) is 6.21. The molecule has 0 unspecified atom stereocenters. The second-order valence-corrected chi connectivity index (χ2v) is 9.54. The molecular formula is C27H24Cl2F3NO6. The van der Waals surface area contributed by atoms with Gasteiger partial charge in [0, 0.05) is 23.1 Å². The fraction of sp³-hybridized carbons (Fsp3) is 0.259. The average Bonchev–Trinajstić information content (AvgIpc) is 2.87. The molecule has 0 radical (unpaired) electrons. The van der Waals surface area contributed by atoms with Crippen LogP contribution in [0.4, 0.5) is 13.2 Å². The number of carboxylic acid groups (broad SMARTS) is 2. The zero-order valence-corrected chi connectivity index (χ0v) is 21.7. The summed E-state index contributed by atoms with van der Waals surface area (Å²) in [5.74, 6) is -2.83. The molecular weight excluding hydrogens is 562 g/mol. The Morgan fingerprint density at radius 2 is 1.56 bits per heavy atom. The molecule has 1 aliphatic rings. The molecule has 1 heterocycles. The Bertz CT molecular complexity index is 1300. The van der Waals surface area contributed by atoms with Crippen LogP contribution in [-0.2, 0) is 11.2 Å². The second-order valence-electron chi connectivity index (χ2n) is 8.66. The van der Waals surface area contributed by atoms with Crippen LogP contribution in [0.25, 0.3) is 11.1 Å². The number of nitrogens with one attached hydrogen (secondary N) is 1. The number of ether oxygens (including phenoxy) is 1. The fourth-order valence-electron chi connectivity index (χ4n) is 3.84. The first-order valence-corrected chi connectivity index (χ1v) is 12.4. The molecule has 3 aromatic rings. The highest BCUT2D eigenvalue weighted by molar-refractivity contribution is 6.34. The van der Waals surface area contributed by atoms with Crippen molar-refractivity contribution >= 4 is 35.1 Å². The fourth-order valence-corrected chi connectivity index (χ4v) is 4.38. The van der Waals surface area contributed by atoms with Crippen molar-refractivity contribution < 1.29 is 42.8 Å². The molecule has 0 aromatic heterocycles. The van der Waals surface area contributed by atoms with Crippen molar-refractivity contribution in [3.63, 3.8) is 0 Å². The van der Waals surface area contributed by atoms with Gasteiger partial charge in [-0.1, -0.05) is 41.4 Å². The molecule has 0 saturated carbocycles. The van der Waals surface area contributed by atoms with E-state index in [-0.39, 0.29) is 11.7 Å². The maximum absolute atomic E-state index is 11.0. The minimum Gasteiger partial charge on any atom is -0.489 e. The summed E-state index contributed by atoms with van der Waals surface area (Å²) in [6.07, 6.45) is -4.04. The molecule has 3 aromatic carbocycles. The lowest BCUT2D eigenvalue weighted by Crippen LogP contribution is -2.36. The summed E-state index contributed by atoms with van der Waals surface area (Å²) in [5.41, 5.74) is 4.08. The van der Waals surface area contributed by atoms with Gasteiger partial charge < -0.3 is 25.4 Å². The summed E-state index contributed by atoms with van der Waals surface area (Å²) in [4.78, 5) is 19.9. The monoisotopic (exact) mass is 585 g/mol. The highest BCUT2D eigenvalue weighted by Gasteiger charge is 2.38. The van der Waals surface area contributed by atoms with E-state index in [0.717, 1.165) is 35.3 Å². The van der Waals surface area contributed by atoms with Gasteiger partial charge in [-0.2, -0.15) is 13.2 Å². The number of aryl methyl sites for hydroxylation is 1. The maximum atomic E-state index is 11.0. The molecule has 4 N–H and O–H groups in total. The highest BCUT2D eigenvalue weighted by Crippen LogP contribution is 2.32. The minimum atomic E-state index is -5.08. The summed E-state index contributed by atoms with van der Waals surface area (Å²) in [7, 11) is 0. The molecule has 2 atom stereocenters. The Kier molecular flexibility index (Phi) is 10.2. The van der Waals surface area contributed by atoms with E-state index in [0.29, 0.717) is 28.7 Å². The Balaban J connectivity index is 0.000000532. The first kappa shape index (κ1) is 30.2. The lowest BCUT2D eigenvalue weighted by molar-refractivity contribution is -0.192. The van der Waals surface area contributed by atoms with Crippen LogP contribution in [0.1, 0.15) is 34.0 Å². The van der Waals surface area contributed by atoms with Crippen LogP contribution >= 0.6 is 23.2 Å². The molecule has 1 aliphatic heterocycles. The van der Waals surface area contributed by atoms with E-state index in [2.05, 4.69) is 11.4 Å². The number of fused-ring (bicyclic) bond motifs is 1. The van der Waals surface area contributed by atoms with Crippen molar-refractivity contribution in [1.82, 2.24) is 5.32 Å². The number of aromatic carboxylic acids is 1. The number of alkyl halides is 3. The van der Waals surface area contributed by atoms with Gasteiger partial charge in [-0.25, -0.2) is 9.59 Å². The van der Waals surface area contributed by atoms with Gasteiger partial charge >= 0.3 is 18.1 Å². The van der Waals surface area contributed by atoms with Crippen molar-refractivity contribution in [3.05, 3.63) is 87.4 Å². The molecule has 0 fully saturated rings. The number of rotatable bonds is 7. The van der Waals surface area contributed by atoms with Crippen LogP contribution in [-0.4, -0.2) is 52.6 Å². The standard InChI is InChI=1S/C25H23Cl2NO4.C2HF3O2/c26-20-10-19(11-21(27)12-20)23(29)14-28-13-22-7-5-18-9-17(6-8-24(18)32-22)15-1-3-16(4-2-15)25(30)31;3-2(4,5)1(6)7/h1-4,6,8-12,22-23,28-29H,5,7,13-14H2,(H,30,31);(H,6,7)/t22-,23-;/m1./s1. The molecule has 0 bridgehead atoms. The van der Waals surface area contributed by atoms with Gasteiger partial charge in [0.2, 0.25) is 0 Å². The van der Waals surface area contributed by atoms with Gasteiger partial charge in [0.15, 0.2) is 0 Å². The molecule has 4 rings (SSSR count). The predicted octanol–water partition coefficient (Wildman–Crippen LogP) is 6.01. The Labute approximate surface area is 231 Å². The van der Waals surface area contributed by atoms with E-state index in [1.165, 1.54) is 0 Å². The molecule has 0 spiro atoms. The van der Waals surface area contributed by atoms with Crippen molar-refractivity contribution in [2.75, 3.05) is 13.1 Å². The van der Waals surface area contributed by atoms with Gasteiger partial charge in [-0.05, 0) is 77.6 Å². The largest absolute Gasteiger partial charge is 0.490 e. The summed E-state index contributed by atoms with van der Waals surface area (Å²) in [5, 5.41) is 30.8. The summed E-state index contributed by atoms with van der Waals surface area (Å²) >= 11 is 12.0. The van der Waals surface area contributed by atoms with Crippen LogP contribution in [0.5, 0.6) is 5.75 Å². The van der Waals surface area contributed by atoms with Crippen LogP contribution < -0.4 is 10.1 Å². The third-order valence-electron chi connectivity index (χ3n) is 5.78. The number of benzene rings is 3. The molecule has 12 heteroatoms. The van der Waals surface area contributed by atoms with Crippen molar-refractivity contribution in [2.24, 2.45) is 0 Å². The van der Waals surface area contributed by atoms with Gasteiger partial charge in [-0.3, -0.25) is 0 Å². The Hall–Kier alpha value is -3.31. The van der Waals surface area contributed by atoms with Crippen molar-refractivity contribution in [1.29, 1.82) is 0 Å². The van der Waals surface area contributed by atoms with Crippen LogP contribution in [0, 0.1) is 0 Å². The summed E-state index contributed by atoms with van der Waals surface area (Å²) in [6, 6.07) is 18.0. The smallest absolute Gasteiger partial charge is 0.489 e. The summed E-state index contributed by atoms with van der Waals surface area (Å²) < 4.78 is 37.9. The Morgan fingerprint density at radius 3 is 2.13 bits per heavy atom. The van der Waals surface area contributed by atoms with E-state index in [9.17, 15) is 23.1 Å². The molecule has 0 saturated heterocycles. The maximum Gasteiger partial charge on any atom is 0.490 e. The van der Waals surface area contributed by atoms with Crippen LogP contribution in [0.15, 0.2) is 60.7 Å². The first-order valence-electron chi connectivity index (χ1n) is 11.6. The number of hydrogen-bond acceptors (Lipinski definition) is 5. The number of hydrogen-bond donors (Lipinski definition) is 4. The Morgan fingerprint density at radius 1 is 0.974 bits per heavy atom. The van der Waals surface area contributed by atoms with Gasteiger partial charge in [0.05, 0.1) is 11.7 Å². The SMILES string of the molecule is O=C(O)C(F)(F)F.O=C(O)c1ccc(-c2ccc3c(c2)CC[C@H](CNC[C@@H](O)c2cc(Cl)cc(Cl)c2)O3)cc1. The van der Waals surface area contributed by atoms with Crippen molar-refractivity contribution in [3.8, 4) is 16.9 Å². The molecule has 7 nitrogen and oxygen atoms in total. The van der Waals surface area contributed by atoms with Gasteiger partial charge in [-0.15, -0.1) is 0 Å². The van der Waals surface area contributed by atoms with Crippen LogP contribution in [0.3, 0.4) is 0 Å². The van der Waals surface area contributed by atoms with E-state index < -0.39 is 24.2 Å². The van der Waals surface area contributed by atoms with E-state index >= 15 is 0 Å². The molecule has 0 amide bonds. The molecule has 0 aliphatic carbocycles. The number of aliphatic hydroxyl groups is 1. The third kappa shape index (κ3) is 8.86. The van der Waals surface area contributed by atoms with Gasteiger partial charge in [0.25, 0.3) is 0 Å². The quantitative estimate of drug-likeness (QED) is 0.268.